The molecule has 0 saturated heterocycles. The molecule has 0 fully saturated rings. The zero-order valence-electron chi connectivity index (χ0n) is 16.4. The van der Waals surface area contributed by atoms with E-state index in [-0.39, 0.29) is 0 Å². The summed E-state index contributed by atoms with van der Waals surface area (Å²) in [5.41, 5.74) is 7.41. The SMILES string of the molecule is Cc1ccccc1NC(=O)C(=O)N/N=C\c1cc(C)n(-c2cccc(Cl)c2)c1C. The average Bonchev–Trinajstić information content (AvgIpc) is 2.97. The summed E-state index contributed by atoms with van der Waals surface area (Å²) < 4.78 is 2.04. The van der Waals surface area contributed by atoms with Crippen LogP contribution in [0.1, 0.15) is 22.5 Å². The summed E-state index contributed by atoms with van der Waals surface area (Å²) in [5.74, 6) is -1.62. The fourth-order valence-corrected chi connectivity index (χ4v) is 3.22. The first-order valence-corrected chi connectivity index (χ1v) is 9.39. The quantitative estimate of drug-likeness (QED) is 0.386. The van der Waals surface area contributed by atoms with Crippen LogP contribution in [0, 0.1) is 20.8 Å². The van der Waals surface area contributed by atoms with E-state index in [1.807, 2.05) is 67.8 Å². The minimum absolute atomic E-state index is 0.585. The van der Waals surface area contributed by atoms with Crippen LogP contribution in [0.5, 0.6) is 0 Å². The number of amides is 2. The van der Waals surface area contributed by atoms with E-state index in [2.05, 4.69) is 15.8 Å². The number of hydrazone groups is 1. The Kier molecular flexibility index (Phi) is 6.14. The number of aromatic nitrogens is 1. The highest BCUT2D eigenvalue weighted by atomic mass is 35.5. The zero-order chi connectivity index (χ0) is 21.0. The number of rotatable bonds is 4. The number of benzene rings is 2. The van der Waals surface area contributed by atoms with Crippen molar-refractivity contribution in [3.05, 3.63) is 82.1 Å². The molecule has 1 heterocycles. The van der Waals surface area contributed by atoms with Gasteiger partial charge in [0, 0.05) is 33.3 Å². The van der Waals surface area contributed by atoms with Crippen molar-refractivity contribution < 1.29 is 9.59 Å². The summed E-state index contributed by atoms with van der Waals surface area (Å²) >= 11 is 6.10. The van der Waals surface area contributed by atoms with Gasteiger partial charge in [0.25, 0.3) is 0 Å². The number of aryl methyl sites for hydroxylation is 2. The van der Waals surface area contributed by atoms with Crippen molar-refractivity contribution in [2.24, 2.45) is 5.10 Å². The number of nitrogens with one attached hydrogen (secondary N) is 2. The van der Waals surface area contributed by atoms with Crippen LogP contribution in [0.25, 0.3) is 5.69 Å². The maximum atomic E-state index is 12.0. The Balaban J connectivity index is 1.69. The topological polar surface area (TPSA) is 75.5 Å². The second-order valence-corrected chi connectivity index (χ2v) is 7.05. The van der Waals surface area contributed by atoms with Gasteiger partial charge in [-0.05, 0) is 56.7 Å². The summed E-state index contributed by atoms with van der Waals surface area (Å²) in [4.78, 5) is 24.0. The van der Waals surface area contributed by atoms with Crippen molar-refractivity contribution in [3.63, 3.8) is 0 Å². The van der Waals surface area contributed by atoms with Gasteiger partial charge in [0.1, 0.15) is 0 Å². The van der Waals surface area contributed by atoms with Crippen LogP contribution in [0.15, 0.2) is 59.7 Å². The van der Waals surface area contributed by atoms with E-state index in [4.69, 9.17) is 11.6 Å². The monoisotopic (exact) mass is 408 g/mol. The molecular weight excluding hydrogens is 388 g/mol. The van der Waals surface area contributed by atoms with E-state index in [0.29, 0.717) is 10.7 Å². The molecular formula is C22H21ClN4O2. The standard InChI is InChI=1S/C22H21ClN4O2/c1-14-7-4-5-10-20(14)25-21(28)22(29)26-24-13-17-11-15(2)27(16(17)3)19-9-6-8-18(23)12-19/h4-13H,1-3H3,(H,25,28)(H,26,29)/b24-13-. The Hall–Kier alpha value is -3.38. The number of anilines is 1. The van der Waals surface area contributed by atoms with E-state index in [9.17, 15) is 9.59 Å². The fourth-order valence-electron chi connectivity index (χ4n) is 3.03. The smallest absolute Gasteiger partial charge is 0.318 e. The molecule has 3 rings (SSSR count). The molecule has 0 atom stereocenters. The van der Waals surface area contributed by atoms with Gasteiger partial charge in [0.05, 0.1) is 6.21 Å². The van der Waals surface area contributed by atoms with Gasteiger partial charge < -0.3 is 9.88 Å². The minimum Gasteiger partial charge on any atom is -0.318 e. The molecule has 2 amide bonds. The van der Waals surface area contributed by atoms with Crippen LogP contribution in [-0.2, 0) is 9.59 Å². The molecule has 6 nitrogen and oxygen atoms in total. The molecule has 0 saturated carbocycles. The van der Waals surface area contributed by atoms with Crippen molar-refractivity contribution >= 4 is 35.3 Å². The molecule has 0 unspecified atom stereocenters. The van der Waals surface area contributed by atoms with Crippen molar-refractivity contribution in [1.29, 1.82) is 0 Å². The fraction of sp³-hybridized carbons (Fsp3) is 0.136. The van der Waals surface area contributed by atoms with Crippen molar-refractivity contribution in [1.82, 2.24) is 9.99 Å². The molecule has 29 heavy (non-hydrogen) atoms. The third kappa shape index (κ3) is 4.73. The molecule has 0 aliphatic carbocycles. The van der Waals surface area contributed by atoms with Crippen molar-refractivity contribution in [2.45, 2.75) is 20.8 Å². The average molecular weight is 409 g/mol. The highest BCUT2D eigenvalue weighted by Crippen LogP contribution is 2.22. The Bertz CT molecular complexity index is 1100. The van der Waals surface area contributed by atoms with E-state index >= 15 is 0 Å². The maximum absolute atomic E-state index is 12.0. The van der Waals surface area contributed by atoms with Gasteiger partial charge in [0.15, 0.2) is 0 Å². The van der Waals surface area contributed by atoms with Crippen molar-refractivity contribution in [2.75, 3.05) is 5.32 Å². The Morgan fingerprint density at radius 1 is 1.00 bits per heavy atom. The predicted molar refractivity (Wildman–Crippen MR) is 116 cm³/mol. The van der Waals surface area contributed by atoms with Crippen LogP contribution in [0.4, 0.5) is 5.69 Å². The van der Waals surface area contributed by atoms with Gasteiger partial charge in [-0.2, -0.15) is 5.10 Å². The third-order valence-corrected chi connectivity index (χ3v) is 4.74. The van der Waals surface area contributed by atoms with E-state index in [1.54, 1.807) is 12.1 Å². The first-order chi connectivity index (χ1) is 13.9. The second-order valence-electron chi connectivity index (χ2n) is 6.61. The maximum Gasteiger partial charge on any atom is 0.329 e. The number of hydrogen-bond donors (Lipinski definition) is 2. The molecule has 3 aromatic rings. The van der Waals surface area contributed by atoms with Gasteiger partial charge in [0.2, 0.25) is 0 Å². The molecule has 0 aliphatic heterocycles. The molecule has 0 radical (unpaired) electrons. The van der Waals surface area contributed by atoms with Crippen LogP contribution < -0.4 is 10.7 Å². The van der Waals surface area contributed by atoms with E-state index < -0.39 is 11.8 Å². The highest BCUT2D eigenvalue weighted by Gasteiger charge is 2.14. The lowest BCUT2D eigenvalue weighted by atomic mass is 10.2. The number of carbonyl (C=O) groups excluding carboxylic acids is 2. The molecule has 7 heteroatoms. The summed E-state index contributed by atoms with van der Waals surface area (Å²) in [5, 5.41) is 7.15. The van der Waals surface area contributed by atoms with Gasteiger partial charge in [-0.3, -0.25) is 9.59 Å². The second kappa shape index (κ2) is 8.75. The molecule has 0 bridgehead atoms. The zero-order valence-corrected chi connectivity index (χ0v) is 17.1. The van der Waals surface area contributed by atoms with E-state index in [1.165, 1.54) is 6.21 Å². The summed E-state index contributed by atoms with van der Waals surface area (Å²) in [6.07, 6.45) is 1.52. The number of halogens is 1. The normalized spacial score (nSPS) is 10.9. The lowest BCUT2D eigenvalue weighted by molar-refractivity contribution is -0.136. The van der Waals surface area contributed by atoms with Gasteiger partial charge in [-0.15, -0.1) is 0 Å². The number of para-hydroxylation sites is 1. The van der Waals surface area contributed by atoms with E-state index in [0.717, 1.165) is 28.2 Å². The summed E-state index contributed by atoms with van der Waals surface area (Å²) in [6, 6.07) is 16.7. The Morgan fingerprint density at radius 2 is 1.76 bits per heavy atom. The van der Waals surface area contributed by atoms with Crippen LogP contribution >= 0.6 is 11.6 Å². The number of carbonyl (C=O) groups is 2. The minimum atomic E-state index is -0.840. The molecule has 0 aliphatic rings. The van der Waals surface area contributed by atoms with Gasteiger partial charge in [-0.25, -0.2) is 5.43 Å². The van der Waals surface area contributed by atoms with Crippen molar-refractivity contribution in [3.8, 4) is 5.69 Å². The van der Waals surface area contributed by atoms with Gasteiger partial charge >= 0.3 is 11.8 Å². The predicted octanol–water partition coefficient (Wildman–Crippen LogP) is 4.14. The van der Waals surface area contributed by atoms with Crippen LogP contribution in [-0.4, -0.2) is 22.6 Å². The first-order valence-electron chi connectivity index (χ1n) is 9.01. The first kappa shape index (κ1) is 20.4. The molecule has 1 aromatic heterocycles. The summed E-state index contributed by atoms with van der Waals surface area (Å²) in [7, 11) is 0. The lowest BCUT2D eigenvalue weighted by Crippen LogP contribution is -2.32. The lowest BCUT2D eigenvalue weighted by Gasteiger charge is -2.09. The third-order valence-electron chi connectivity index (χ3n) is 4.51. The molecule has 2 aromatic carbocycles. The van der Waals surface area contributed by atoms with Gasteiger partial charge in [-0.1, -0.05) is 35.9 Å². The number of nitrogens with zero attached hydrogens (tertiary/aromatic N) is 2. The molecule has 0 spiro atoms. The van der Waals surface area contributed by atoms with Crippen LogP contribution in [0.2, 0.25) is 5.02 Å². The Morgan fingerprint density at radius 3 is 2.48 bits per heavy atom. The van der Waals surface area contributed by atoms with Crippen LogP contribution in [0.3, 0.4) is 0 Å². The largest absolute Gasteiger partial charge is 0.329 e. The molecule has 148 valence electrons. The number of hydrogen-bond acceptors (Lipinski definition) is 3. The highest BCUT2D eigenvalue weighted by molar-refractivity contribution is 6.39. The Labute approximate surface area is 174 Å². The summed E-state index contributed by atoms with van der Waals surface area (Å²) in [6.45, 7) is 5.77. The molecule has 2 N–H and O–H groups in total.